The summed E-state index contributed by atoms with van der Waals surface area (Å²) in [7, 11) is 0. The van der Waals surface area contributed by atoms with E-state index in [0.717, 1.165) is 18.4 Å². The number of carbonyl (C=O) groups is 1. The number of amides is 1. The third-order valence-electron chi connectivity index (χ3n) is 3.48. The third-order valence-corrected chi connectivity index (χ3v) is 3.48. The maximum atomic E-state index is 10.6. The molecule has 13 heavy (non-hydrogen) atoms. The average molecular weight is 182 g/mol. The fourth-order valence-electron chi connectivity index (χ4n) is 2.78. The highest BCUT2D eigenvalue weighted by molar-refractivity contribution is 5.73. The zero-order valence-corrected chi connectivity index (χ0v) is 8.04. The predicted octanol–water partition coefficient (Wildman–Crippen LogP) is 0.594. The summed E-state index contributed by atoms with van der Waals surface area (Å²) in [5, 5.41) is 0. The molecule has 2 unspecified atom stereocenters. The Morgan fingerprint density at radius 3 is 2.46 bits per heavy atom. The topological polar surface area (TPSA) is 46.3 Å². The summed E-state index contributed by atoms with van der Waals surface area (Å²) in [6.07, 6.45) is 4.74. The van der Waals surface area contributed by atoms with Gasteiger partial charge in [-0.3, -0.25) is 4.79 Å². The zero-order valence-electron chi connectivity index (χ0n) is 8.04. The molecule has 0 bridgehead atoms. The molecular weight excluding hydrogens is 164 g/mol. The van der Waals surface area contributed by atoms with Crippen molar-refractivity contribution in [1.82, 2.24) is 4.90 Å². The second-order valence-electron chi connectivity index (χ2n) is 4.43. The Bertz CT molecular complexity index is 193. The van der Waals surface area contributed by atoms with Gasteiger partial charge < -0.3 is 10.6 Å². The lowest BCUT2D eigenvalue weighted by Crippen LogP contribution is -2.26. The number of carbonyl (C=O) groups excluding carboxylic acids is 1. The molecule has 0 aromatic heterocycles. The van der Waals surface area contributed by atoms with Crippen LogP contribution in [0, 0.1) is 11.8 Å². The molecule has 1 aliphatic carbocycles. The molecule has 0 spiro atoms. The Morgan fingerprint density at radius 1 is 1.31 bits per heavy atom. The summed E-state index contributed by atoms with van der Waals surface area (Å²) >= 11 is 0. The highest BCUT2D eigenvalue weighted by Gasteiger charge is 2.35. The van der Waals surface area contributed by atoms with Gasteiger partial charge in [-0.25, -0.2) is 0 Å². The molecule has 1 heterocycles. The van der Waals surface area contributed by atoms with Crippen molar-refractivity contribution in [2.75, 3.05) is 19.6 Å². The minimum Gasteiger partial charge on any atom is -0.370 e. The molecule has 1 saturated carbocycles. The molecule has 0 radical (unpaired) electrons. The molecule has 0 aromatic rings. The molecule has 2 N–H and O–H groups in total. The Labute approximate surface area is 79.3 Å². The standard InChI is InChI=1S/C10H18N2O/c11-10(13)4-5-12-6-8-2-1-3-9(8)7-12/h8-9H,1-7H2,(H2,11,13). The van der Waals surface area contributed by atoms with Crippen LogP contribution in [0.15, 0.2) is 0 Å². The molecule has 1 amide bonds. The molecule has 0 aromatic carbocycles. The van der Waals surface area contributed by atoms with E-state index < -0.39 is 0 Å². The summed E-state index contributed by atoms with van der Waals surface area (Å²) in [6, 6.07) is 0. The number of primary amides is 1. The van der Waals surface area contributed by atoms with Crippen molar-refractivity contribution in [3.63, 3.8) is 0 Å². The van der Waals surface area contributed by atoms with E-state index in [9.17, 15) is 4.79 Å². The number of rotatable bonds is 3. The fraction of sp³-hybridized carbons (Fsp3) is 0.900. The van der Waals surface area contributed by atoms with Crippen molar-refractivity contribution < 1.29 is 4.79 Å². The molecule has 2 aliphatic rings. The molecular formula is C10H18N2O. The van der Waals surface area contributed by atoms with Crippen LogP contribution < -0.4 is 5.73 Å². The van der Waals surface area contributed by atoms with Crippen LogP contribution in [0.25, 0.3) is 0 Å². The summed E-state index contributed by atoms with van der Waals surface area (Å²) in [4.78, 5) is 13.0. The molecule has 74 valence electrons. The van der Waals surface area contributed by atoms with E-state index >= 15 is 0 Å². The quantitative estimate of drug-likeness (QED) is 0.694. The van der Waals surface area contributed by atoms with E-state index in [4.69, 9.17) is 5.73 Å². The van der Waals surface area contributed by atoms with Gasteiger partial charge in [-0.05, 0) is 24.7 Å². The largest absolute Gasteiger partial charge is 0.370 e. The van der Waals surface area contributed by atoms with E-state index in [-0.39, 0.29) is 5.91 Å². The SMILES string of the molecule is NC(=O)CCN1CC2CCCC2C1. The summed E-state index contributed by atoms with van der Waals surface area (Å²) < 4.78 is 0. The molecule has 1 saturated heterocycles. The third kappa shape index (κ3) is 2.02. The second kappa shape index (κ2) is 3.66. The van der Waals surface area contributed by atoms with Crippen molar-refractivity contribution in [3.05, 3.63) is 0 Å². The van der Waals surface area contributed by atoms with Gasteiger partial charge in [0.2, 0.25) is 5.91 Å². The van der Waals surface area contributed by atoms with Crippen molar-refractivity contribution >= 4 is 5.91 Å². The van der Waals surface area contributed by atoms with Crippen LogP contribution in [-0.2, 0) is 4.79 Å². The normalized spacial score (nSPS) is 33.5. The molecule has 2 atom stereocenters. The van der Waals surface area contributed by atoms with Gasteiger partial charge in [-0.1, -0.05) is 6.42 Å². The summed E-state index contributed by atoms with van der Waals surface area (Å²) in [5.74, 6) is 1.68. The van der Waals surface area contributed by atoms with E-state index in [2.05, 4.69) is 4.90 Å². The highest BCUT2D eigenvalue weighted by Crippen LogP contribution is 2.37. The maximum absolute atomic E-state index is 10.6. The zero-order chi connectivity index (χ0) is 9.26. The minimum absolute atomic E-state index is 0.169. The first-order valence-electron chi connectivity index (χ1n) is 5.26. The van der Waals surface area contributed by atoms with Gasteiger partial charge in [-0.15, -0.1) is 0 Å². The first-order valence-corrected chi connectivity index (χ1v) is 5.26. The van der Waals surface area contributed by atoms with Crippen molar-refractivity contribution in [2.45, 2.75) is 25.7 Å². The van der Waals surface area contributed by atoms with Crippen LogP contribution in [0.2, 0.25) is 0 Å². The van der Waals surface area contributed by atoms with E-state index in [0.29, 0.717) is 6.42 Å². The Morgan fingerprint density at radius 2 is 1.92 bits per heavy atom. The van der Waals surface area contributed by atoms with E-state index in [1.165, 1.54) is 32.4 Å². The van der Waals surface area contributed by atoms with Gasteiger partial charge in [0, 0.05) is 26.1 Å². The molecule has 3 nitrogen and oxygen atoms in total. The van der Waals surface area contributed by atoms with Crippen molar-refractivity contribution in [2.24, 2.45) is 17.6 Å². The van der Waals surface area contributed by atoms with E-state index in [1.54, 1.807) is 0 Å². The minimum atomic E-state index is -0.169. The van der Waals surface area contributed by atoms with Gasteiger partial charge in [0.05, 0.1) is 0 Å². The summed E-state index contributed by atoms with van der Waals surface area (Å²) in [5.41, 5.74) is 5.12. The number of likely N-dealkylation sites (tertiary alicyclic amines) is 1. The lowest BCUT2D eigenvalue weighted by molar-refractivity contribution is -0.118. The van der Waals surface area contributed by atoms with Crippen LogP contribution in [-0.4, -0.2) is 30.4 Å². The Kier molecular flexibility index (Phi) is 2.54. The first kappa shape index (κ1) is 9.00. The molecule has 3 heteroatoms. The Balaban J connectivity index is 1.75. The van der Waals surface area contributed by atoms with Gasteiger partial charge in [0.1, 0.15) is 0 Å². The Hall–Kier alpha value is -0.570. The maximum Gasteiger partial charge on any atom is 0.218 e. The van der Waals surface area contributed by atoms with Gasteiger partial charge >= 0.3 is 0 Å². The van der Waals surface area contributed by atoms with Crippen molar-refractivity contribution in [3.8, 4) is 0 Å². The van der Waals surface area contributed by atoms with Crippen LogP contribution in [0.4, 0.5) is 0 Å². The first-order chi connectivity index (χ1) is 6.25. The fourth-order valence-corrected chi connectivity index (χ4v) is 2.78. The second-order valence-corrected chi connectivity index (χ2v) is 4.43. The van der Waals surface area contributed by atoms with Crippen molar-refractivity contribution in [1.29, 1.82) is 0 Å². The van der Waals surface area contributed by atoms with Crippen LogP contribution >= 0.6 is 0 Å². The number of hydrogen-bond donors (Lipinski definition) is 1. The lowest BCUT2D eigenvalue weighted by Gasteiger charge is -2.14. The van der Waals surface area contributed by atoms with Gasteiger partial charge in [0.15, 0.2) is 0 Å². The summed E-state index contributed by atoms with van der Waals surface area (Å²) in [6.45, 7) is 3.29. The molecule has 1 aliphatic heterocycles. The number of nitrogens with zero attached hydrogens (tertiary/aromatic N) is 1. The number of fused-ring (bicyclic) bond motifs is 1. The molecule has 2 rings (SSSR count). The van der Waals surface area contributed by atoms with Crippen LogP contribution in [0.5, 0.6) is 0 Å². The van der Waals surface area contributed by atoms with Crippen LogP contribution in [0.1, 0.15) is 25.7 Å². The van der Waals surface area contributed by atoms with Gasteiger partial charge in [-0.2, -0.15) is 0 Å². The van der Waals surface area contributed by atoms with Crippen LogP contribution in [0.3, 0.4) is 0 Å². The van der Waals surface area contributed by atoms with E-state index in [1.807, 2.05) is 0 Å². The highest BCUT2D eigenvalue weighted by atomic mass is 16.1. The predicted molar refractivity (Wildman–Crippen MR) is 51.1 cm³/mol. The van der Waals surface area contributed by atoms with Gasteiger partial charge in [0.25, 0.3) is 0 Å². The number of hydrogen-bond acceptors (Lipinski definition) is 2. The smallest absolute Gasteiger partial charge is 0.218 e. The molecule has 2 fully saturated rings. The average Bonchev–Trinajstić information content (AvgIpc) is 2.58. The monoisotopic (exact) mass is 182 g/mol. The lowest BCUT2D eigenvalue weighted by atomic mass is 10.0. The number of nitrogens with two attached hydrogens (primary N) is 1.